The van der Waals surface area contributed by atoms with Crippen molar-refractivity contribution in [3.8, 4) is 0 Å². The van der Waals surface area contributed by atoms with Gasteiger partial charge < -0.3 is 9.84 Å². The summed E-state index contributed by atoms with van der Waals surface area (Å²) in [6.45, 7) is 0.495. The summed E-state index contributed by atoms with van der Waals surface area (Å²) in [6, 6.07) is 15.7. The molecule has 0 fully saturated rings. The quantitative estimate of drug-likeness (QED) is 0.636. The predicted octanol–water partition coefficient (Wildman–Crippen LogP) is 2.29. The summed E-state index contributed by atoms with van der Waals surface area (Å²) in [5.41, 5.74) is 4.66. The molecule has 1 atom stereocenters. The van der Waals surface area contributed by atoms with Crippen molar-refractivity contribution < 1.29 is 12.8 Å². The molecule has 1 aromatic heterocycles. The largest absolute Gasteiger partial charge is 0.418 e. The van der Waals surface area contributed by atoms with Crippen molar-refractivity contribution in [2.24, 2.45) is 5.10 Å². The van der Waals surface area contributed by atoms with E-state index in [9.17, 15) is 8.42 Å². The normalized spacial score (nSPS) is 16.6. The third kappa shape index (κ3) is 3.91. The smallest absolute Gasteiger partial charge is 0.264 e. The molecule has 4 rings (SSSR count). The van der Waals surface area contributed by atoms with Crippen LogP contribution in [-0.4, -0.2) is 30.9 Å². The first-order valence-electron chi connectivity index (χ1n) is 8.46. The lowest BCUT2D eigenvalue weighted by atomic mass is 9.95. The molecule has 2 N–H and O–H groups in total. The number of nitrogens with zero attached hydrogens (tertiary/aromatic N) is 3. The summed E-state index contributed by atoms with van der Waals surface area (Å²) in [5, 5.41) is 12.7. The first-order valence-corrected chi connectivity index (χ1v) is 10.3. The molecular formula is C18H16ClN5O3S. The van der Waals surface area contributed by atoms with E-state index in [0.29, 0.717) is 17.3 Å². The van der Waals surface area contributed by atoms with Crippen molar-refractivity contribution in [3.05, 3.63) is 77.0 Å². The second-order valence-corrected chi connectivity index (χ2v) is 8.31. The van der Waals surface area contributed by atoms with E-state index in [1.165, 1.54) is 24.3 Å². The highest BCUT2D eigenvalue weighted by Gasteiger charge is 2.28. The summed E-state index contributed by atoms with van der Waals surface area (Å²) < 4.78 is 32.7. The Kier molecular flexibility index (Phi) is 5.12. The lowest BCUT2D eigenvalue weighted by Gasteiger charge is -2.09. The van der Waals surface area contributed by atoms with Crippen molar-refractivity contribution in [2.75, 3.05) is 6.54 Å². The molecule has 1 aliphatic heterocycles. The fourth-order valence-electron chi connectivity index (χ4n) is 2.84. The average Bonchev–Trinajstić information content (AvgIpc) is 3.37. The molecule has 0 saturated heterocycles. The van der Waals surface area contributed by atoms with Gasteiger partial charge in [-0.3, -0.25) is 0 Å². The summed E-state index contributed by atoms with van der Waals surface area (Å²) >= 11 is 5.79. The first-order chi connectivity index (χ1) is 13.5. The Morgan fingerprint density at radius 2 is 1.86 bits per heavy atom. The molecule has 2 aromatic carbocycles. The fourth-order valence-corrected chi connectivity index (χ4v) is 3.94. The highest BCUT2D eigenvalue weighted by Crippen LogP contribution is 2.24. The molecule has 3 aromatic rings. The number of hydrogen-bond donors (Lipinski definition) is 2. The van der Waals surface area contributed by atoms with Gasteiger partial charge in [0.05, 0.1) is 17.4 Å². The zero-order valence-electron chi connectivity index (χ0n) is 14.5. The van der Waals surface area contributed by atoms with Gasteiger partial charge in [0.15, 0.2) is 0 Å². The number of hydrogen-bond acceptors (Lipinski definition) is 7. The predicted molar refractivity (Wildman–Crippen MR) is 103 cm³/mol. The van der Waals surface area contributed by atoms with E-state index >= 15 is 0 Å². The lowest BCUT2D eigenvalue weighted by Crippen LogP contribution is -2.23. The van der Waals surface area contributed by atoms with Crippen LogP contribution in [0.25, 0.3) is 0 Å². The van der Waals surface area contributed by atoms with Gasteiger partial charge in [-0.2, -0.15) is 5.10 Å². The molecule has 0 saturated carbocycles. The first kappa shape index (κ1) is 18.6. The van der Waals surface area contributed by atoms with Gasteiger partial charge in [0.2, 0.25) is 15.9 Å². The van der Waals surface area contributed by atoms with E-state index in [4.69, 9.17) is 16.0 Å². The minimum Gasteiger partial charge on any atom is -0.418 e. The van der Waals surface area contributed by atoms with Crippen LogP contribution in [0.15, 0.2) is 69.0 Å². The molecule has 0 aliphatic carbocycles. The molecule has 8 nitrogen and oxygen atoms in total. The van der Waals surface area contributed by atoms with Crippen LogP contribution >= 0.6 is 11.6 Å². The highest BCUT2D eigenvalue weighted by atomic mass is 35.5. The van der Waals surface area contributed by atoms with Crippen molar-refractivity contribution in [1.29, 1.82) is 0 Å². The Hall–Kier alpha value is -2.75. The van der Waals surface area contributed by atoms with Gasteiger partial charge in [0, 0.05) is 11.6 Å². The Balaban J connectivity index is 1.47. The van der Waals surface area contributed by atoms with Gasteiger partial charge in [-0.25, -0.2) is 13.1 Å². The number of benzene rings is 2. The Labute approximate surface area is 166 Å². The molecule has 28 heavy (non-hydrogen) atoms. The maximum atomic E-state index is 12.3. The van der Waals surface area contributed by atoms with Crippen molar-refractivity contribution >= 4 is 27.3 Å². The summed E-state index contributed by atoms with van der Waals surface area (Å²) in [5.74, 6) is 0.397. The van der Waals surface area contributed by atoms with Gasteiger partial charge in [-0.05, 0) is 29.8 Å². The maximum absolute atomic E-state index is 12.3. The molecule has 144 valence electrons. The summed E-state index contributed by atoms with van der Waals surface area (Å²) in [6.07, 6.45) is 0. The zero-order chi connectivity index (χ0) is 19.6. The molecule has 2 heterocycles. The van der Waals surface area contributed by atoms with E-state index in [0.717, 1.165) is 5.56 Å². The van der Waals surface area contributed by atoms with Crippen LogP contribution < -0.4 is 10.1 Å². The summed E-state index contributed by atoms with van der Waals surface area (Å²) in [7, 11) is -3.72. The number of rotatable bonds is 6. The van der Waals surface area contributed by atoms with E-state index in [-0.39, 0.29) is 29.1 Å². The third-order valence-electron chi connectivity index (χ3n) is 4.25. The van der Waals surface area contributed by atoms with Crippen LogP contribution in [-0.2, 0) is 16.6 Å². The molecule has 10 heteroatoms. The van der Waals surface area contributed by atoms with Crippen molar-refractivity contribution in [2.45, 2.75) is 17.4 Å². The number of nitrogens with one attached hydrogen (secondary N) is 2. The van der Waals surface area contributed by atoms with E-state index in [1.807, 2.05) is 30.3 Å². The van der Waals surface area contributed by atoms with Gasteiger partial charge in [0.25, 0.3) is 5.89 Å². The van der Waals surface area contributed by atoms with Crippen LogP contribution in [0, 0.1) is 0 Å². The van der Waals surface area contributed by atoms with Crippen molar-refractivity contribution in [1.82, 2.24) is 20.3 Å². The molecule has 1 unspecified atom stereocenters. The average molecular weight is 418 g/mol. The zero-order valence-corrected chi connectivity index (χ0v) is 16.1. The van der Waals surface area contributed by atoms with Crippen molar-refractivity contribution in [3.63, 3.8) is 0 Å². The lowest BCUT2D eigenvalue weighted by molar-refractivity contribution is 0.475. The van der Waals surface area contributed by atoms with Crippen LogP contribution in [0.5, 0.6) is 0 Å². The SMILES string of the molecule is O=S(=O)(NCc1nnc(C2=NNCC2c2ccccc2)o1)c1ccc(Cl)cc1. The van der Waals surface area contributed by atoms with E-state index < -0.39 is 10.0 Å². The molecule has 0 spiro atoms. The Bertz CT molecular complexity index is 1100. The Morgan fingerprint density at radius 1 is 1.11 bits per heavy atom. The second kappa shape index (κ2) is 7.70. The topological polar surface area (TPSA) is 109 Å². The maximum Gasteiger partial charge on any atom is 0.264 e. The van der Waals surface area contributed by atoms with Gasteiger partial charge in [-0.15, -0.1) is 10.2 Å². The molecule has 0 radical (unpaired) electrons. The number of aromatic nitrogens is 2. The van der Waals surface area contributed by atoms with Crippen LogP contribution in [0.2, 0.25) is 5.02 Å². The van der Waals surface area contributed by atoms with Gasteiger partial charge in [-0.1, -0.05) is 41.9 Å². The minimum atomic E-state index is -3.72. The number of halogens is 1. The molecule has 1 aliphatic rings. The van der Waals surface area contributed by atoms with E-state index in [1.54, 1.807) is 0 Å². The molecular weight excluding hydrogens is 402 g/mol. The standard InChI is InChI=1S/C18H16ClN5O3S/c19-13-6-8-14(9-7-13)28(25,26)21-11-16-22-24-18(27-16)17-15(10-20-23-17)12-4-2-1-3-5-12/h1-9,15,20-21H,10-11H2. The monoisotopic (exact) mass is 417 g/mol. The van der Waals surface area contributed by atoms with Gasteiger partial charge in [0.1, 0.15) is 5.71 Å². The molecule has 0 amide bonds. The minimum absolute atomic E-state index is 0.0136. The number of sulfonamides is 1. The fraction of sp³-hybridized carbons (Fsp3) is 0.167. The Morgan fingerprint density at radius 3 is 2.61 bits per heavy atom. The molecule has 0 bridgehead atoms. The second-order valence-electron chi connectivity index (χ2n) is 6.10. The summed E-state index contributed by atoms with van der Waals surface area (Å²) in [4.78, 5) is 0.102. The van der Waals surface area contributed by atoms with E-state index in [2.05, 4.69) is 25.4 Å². The number of hydrazone groups is 1. The van der Waals surface area contributed by atoms with Crippen LogP contribution in [0.3, 0.4) is 0 Å². The van der Waals surface area contributed by atoms with Crippen LogP contribution in [0.1, 0.15) is 23.3 Å². The van der Waals surface area contributed by atoms with Gasteiger partial charge >= 0.3 is 0 Å². The third-order valence-corrected chi connectivity index (χ3v) is 5.92. The highest BCUT2D eigenvalue weighted by molar-refractivity contribution is 7.89. The van der Waals surface area contributed by atoms with Crippen LogP contribution in [0.4, 0.5) is 0 Å².